The van der Waals surface area contributed by atoms with Gasteiger partial charge in [-0.1, -0.05) is 6.92 Å². The largest absolute Gasteiger partial charge is 0.450 e. The molecule has 5 heteroatoms. The molecule has 0 aromatic heterocycles. The number of rotatable bonds is 5. The highest BCUT2D eigenvalue weighted by Gasteiger charge is 2.14. The molecule has 1 aliphatic heterocycles. The second-order valence-electron chi connectivity index (χ2n) is 4.12. The van der Waals surface area contributed by atoms with E-state index in [0.717, 1.165) is 32.8 Å². The van der Waals surface area contributed by atoms with Crippen LogP contribution in [0.25, 0.3) is 0 Å². The summed E-state index contributed by atoms with van der Waals surface area (Å²) in [5, 5.41) is 2.75. The maximum atomic E-state index is 11.1. The van der Waals surface area contributed by atoms with Crippen LogP contribution in [0.4, 0.5) is 4.79 Å². The van der Waals surface area contributed by atoms with Crippen LogP contribution < -0.4 is 5.32 Å². The topological polar surface area (TPSA) is 50.8 Å². The quantitative estimate of drug-likeness (QED) is 0.755. The SMILES string of the molecule is CCOC(=O)NCC(C)CN1CCOCC1. The van der Waals surface area contributed by atoms with Crippen molar-refractivity contribution in [2.75, 3.05) is 46.0 Å². The van der Waals surface area contributed by atoms with Crippen molar-refractivity contribution in [3.05, 3.63) is 0 Å². The van der Waals surface area contributed by atoms with Gasteiger partial charge in [-0.15, -0.1) is 0 Å². The van der Waals surface area contributed by atoms with Gasteiger partial charge in [-0.05, 0) is 12.8 Å². The highest BCUT2D eigenvalue weighted by atomic mass is 16.5. The van der Waals surface area contributed by atoms with Gasteiger partial charge in [-0.2, -0.15) is 0 Å². The lowest BCUT2D eigenvalue weighted by molar-refractivity contribution is 0.0317. The van der Waals surface area contributed by atoms with Crippen LogP contribution in [0.15, 0.2) is 0 Å². The number of carbonyl (C=O) groups is 1. The minimum Gasteiger partial charge on any atom is -0.450 e. The van der Waals surface area contributed by atoms with Crippen molar-refractivity contribution >= 4 is 6.09 Å². The summed E-state index contributed by atoms with van der Waals surface area (Å²) >= 11 is 0. The minimum atomic E-state index is -0.323. The number of hydrogen-bond donors (Lipinski definition) is 1. The molecule has 1 unspecified atom stereocenters. The van der Waals surface area contributed by atoms with Crippen molar-refractivity contribution in [3.8, 4) is 0 Å². The van der Waals surface area contributed by atoms with Crippen LogP contribution in [0.2, 0.25) is 0 Å². The van der Waals surface area contributed by atoms with Crippen LogP contribution in [0.3, 0.4) is 0 Å². The molecule has 1 aliphatic rings. The molecule has 1 atom stereocenters. The van der Waals surface area contributed by atoms with Crippen LogP contribution in [-0.2, 0) is 9.47 Å². The molecule has 0 aliphatic carbocycles. The number of ether oxygens (including phenoxy) is 2. The van der Waals surface area contributed by atoms with Crippen molar-refractivity contribution in [3.63, 3.8) is 0 Å². The second kappa shape index (κ2) is 7.46. The Balaban J connectivity index is 2.09. The lowest BCUT2D eigenvalue weighted by Gasteiger charge is -2.29. The van der Waals surface area contributed by atoms with Gasteiger partial charge in [-0.25, -0.2) is 4.79 Å². The summed E-state index contributed by atoms with van der Waals surface area (Å²) in [6.45, 7) is 9.62. The van der Waals surface area contributed by atoms with Gasteiger partial charge in [0.1, 0.15) is 0 Å². The predicted octanol–water partition coefficient (Wildman–Crippen LogP) is 0.701. The molecular weight excluding hydrogens is 208 g/mol. The van der Waals surface area contributed by atoms with Crippen molar-refractivity contribution in [1.82, 2.24) is 10.2 Å². The van der Waals surface area contributed by atoms with Crippen LogP contribution in [0.5, 0.6) is 0 Å². The highest BCUT2D eigenvalue weighted by molar-refractivity contribution is 5.66. The molecule has 1 N–H and O–H groups in total. The normalized spacial score (nSPS) is 19.1. The molecule has 1 amide bonds. The summed E-state index contributed by atoms with van der Waals surface area (Å²) in [6.07, 6.45) is -0.323. The number of carbonyl (C=O) groups excluding carboxylic acids is 1. The van der Waals surface area contributed by atoms with Crippen LogP contribution >= 0.6 is 0 Å². The molecule has 16 heavy (non-hydrogen) atoms. The van der Waals surface area contributed by atoms with Gasteiger partial charge in [0.2, 0.25) is 0 Å². The first-order chi connectivity index (χ1) is 7.72. The fourth-order valence-electron chi connectivity index (χ4n) is 1.73. The van der Waals surface area contributed by atoms with Crippen LogP contribution in [-0.4, -0.2) is 57.0 Å². The van der Waals surface area contributed by atoms with Gasteiger partial charge in [0, 0.05) is 26.2 Å². The molecule has 0 bridgehead atoms. The summed E-state index contributed by atoms with van der Waals surface area (Å²) in [4.78, 5) is 13.4. The maximum absolute atomic E-state index is 11.1. The number of morpholine rings is 1. The van der Waals surface area contributed by atoms with Gasteiger partial charge in [-0.3, -0.25) is 4.90 Å². The molecule has 0 radical (unpaired) electrons. The number of hydrogen-bond acceptors (Lipinski definition) is 4. The smallest absolute Gasteiger partial charge is 0.407 e. The first-order valence-electron chi connectivity index (χ1n) is 5.93. The summed E-state index contributed by atoms with van der Waals surface area (Å²) in [6, 6.07) is 0. The molecular formula is C11H22N2O3. The third-order valence-electron chi connectivity index (χ3n) is 2.54. The molecule has 1 fully saturated rings. The van der Waals surface area contributed by atoms with Crippen molar-refractivity contribution in [1.29, 1.82) is 0 Å². The summed E-state index contributed by atoms with van der Waals surface area (Å²) in [5.41, 5.74) is 0. The Bertz CT molecular complexity index is 205. The van der Waals surface area contributed by atoms with E-state index in [1.165, 1.54) is 0 Å². The van der Waals surface area contributed by atoms with Crippen LogP contribution in [0, 0.1) is 5.92 Å². The zero-order valence-electron chi connectivity index (χ0n) is 10.2. The van der Waals surface area contributed by atoms with Gasteiger partial charge in [0.25, 0.3) is 0 Å². The molecule has 1 rings (SSSR count). The van der Waals surface area contributed by atoms with E-state index >= 15 is 0 Å². The van der Waals surface area contributed by atoms with Crippen molar-refractivity contribution in [2.24, 2.45) is 5.92 Å². The van der Waals surface area contributed by atoms with E-state index in [0.29, 0.717) is 19.1 Å². The zero-order valence-corrected chi connectivity index (χ0v) is 10.2. The first kappa shape index (κ1) is 13.3. The molecule has 1 heterocycles. The van der Waals surface area contributed by atoms with Gasteiger partial charge in [0.05, 0.1) is 19.8 Å². The Labute approximate surface area is 97.1 Å². The zero-order chi connectivity index (χ0) is 11.8. The molecule has 0 aromatic carbocycles. The first-order valence-corrected chi connectivity index (χ1v) is 5.93. The summed E-state index contributed by atoms with van der Waals surface area (Å²) < 4.78 is 10.1. The van der Waals surface area contributed by atoms with Crippen molar-refractivity contribution < 1.29 is 14.3 Å². The average Bonchev–Trinajstić information content (AvgIpc) is 2.28. The summed E-state index contributed by atoms with van der Waals surface area (Å²) in [5.74, 6) is 0.433. The lowest BCUT2D eigenvalue weighted by Crippen LogP contribution is -2.41. The van der Waals surface area contributed by atoms with E-state index < -0.39 is 0 Å². The number of nitrogens with zero attached hydrogens (tertiary/aromatic N) is 1. The standard InChI is InChI=1S/C11H22N2O3/c1-3-16-11(14)12-8-10(2)9-13-4-6-15-7-5-13/h10H,3-9H2,1-2H3,(H,12,14). The Hall–Kier alpha value is -0.810. The third-order valence-corrected chi connectivity index (χ3v) is 2.54. The Kier molecular flexibility index (Phi) is 6.18. The Morgan fingerprint density at radius 1 is 1.50 bits per heavy atom. The van der Waals surface area contributed by atoms with Gasteiger partial charge < -0.3 is 14.8 Å². The molecule has 1 saturated heterocycles. The number of alkyl carbamates (subject to hydrolysis) is 1. The third kappa shape index (κ3) is 5.32. The molecule has 0 saturated carbocycles. The monoisotopic (exact) mass is 230 g/mol. The van der Waals surface area contributed by atoms with E-state index in [1.807, 2.05) is 0 Å². The lowest BCUT2D eigenvalue weighted by atomic mass is 10.1. The van der Waals surface area contributed by atoms with Crippen LogP contribution in [0.1, 0.15) is 13.8 Å². The van der Waals surface area contributed by atoms with Gasteiger partial charge in [0.15, 0.2) is 0 Å². The summed E-state index contributed by atoms with van der Waals surface area (Å²) in [7, 11) is 0. The minimum absolute atomic E-state index is 0.323. The Morgan fingerprint density at radius 3 is 2.81 bits per heavy atom. The Morgan fingerprint density at radius 2 is 2.19 bits per heavy atom. The molecule has 5 nitrogen and oxygen atoms in total. The van der Waals surface area contributed by atoms with Crippen molar-refractivity contribution in [2.45, 2.75) is 13.8 Å². The van der Waals surface area contributed by atoms with E-state index in [9.17, 15) is 4.79 Å². The van der Waals surface area contributed by atoms with Gasteiger partial charge >= 0.3 is 6.09 Å². The second-order valence-corrected chi connectivity index (χ2v) is 4.12. The fourth-order valence-corrected chi connectivity index (χ4v) is 1.73. The number of amides is 1. The molecule has 0 spiro atoms. The fraction of sp³-hybridized carbons (Fsp3) is 0.909. The van der Waals surface area contributed by atoms with E-state index in [4.69, 9.17) is 9.47 Å². The van der Waals surface area contributed by atoms with E-state index in [1.54, 1.807) is 6.92 Å². The predicted molar refractivity (Wildman–Crippen MR) is 61.4 cm³/mol. The molecule has 0 aromatic rings. The average molecular weight is 230 g/mol. The highest BCUT2D eigenvalue weighted by Crippen LogP contribution is 2.02. The number of nitrogens with one attached hydrogen (secondary N) is 1. The molecule has 94 valence electrons. The van der Waals surface area contributed by atoms with E-state index in [-0.39, 0.29) is 6.09 Å². The maximum Gasteiger partial charge on any atom is 0.407 e. The van der Waals surface area contributed by atoms with E-state index in [2.05, 4.69) is 17.1 Å².